The minimum absolute atomic E-state index is 0.215. The van der Waals surface area contributed by atoms with Gasteiger partial charge in [0.2, 0.25) is 0 Å². The lowest BCUT2D eigenvalue weighted by atomic mass is 9.98. The summed E-state index contributed by atoms with van der Waals surface area (Å²) < 4.78 is 0. The van der Waals surface area contributed by atoms with E-state index >= 15 is 0 Å². The average molecular weight is 255 g/mol. The Kier molecular flexibility index (Phi) is 2.65. The van der Waals surface area contributed by atoms with E-state index in [2.05, 4.69) is 5.32 Å². The molecule has 0 fully saturated rings. The Morgan fingerprint density at radius 1 is 0.947 bits per heavy atom. The van der Waals surface area contributed by atoms with E-state index in [4.69, 9.17) is 0 Å². The maximum atomic E-state index is 10.1. The molecule has 3 rings (SSSR count). The molecule has 0 spiro atoms. The summed E-state index contributed by atoms with van der Waals surface area (Å²) in [5.41, 5.74) is 2.47. The molecule has 1 atom stereocenters. The first-order valence-corrected chi connectivity index (χ1v) is 5.94. The molecule has 4 nitrogen and oxygen atoms in total. The van der Waals surface area contributed by atoms with E-state index in [0.717, 1.165) is 5.56 Å². The standard InChI is InChI=1S/C15H13NO3/c17-12-7-6-10-13(18)8-11(16-14(10)15(12)19)9-4-2-1-3-5-9/h1-8,13,16-19H/t13-/m1/s1. The highest BCUT2D eigenvalue weighted by Crippen LogP contribution is 2.43. The molecule has 0 amide bonds. The van der Waals surface area contributed by atoms with Crippen LogP contribution in [-0.2, 0) is 0 Å². The number of hydrogen-bond acceptors (Lipinski definition) is 4. The normalized spacial score (nSPS) is 17.3. The summed E-state index contributed by atoms with van der Waals surface area (Å²) in [4.78, 5) is 0. The Bertz CT molecular complexity index is 650. The topological polar surface area (TPSA) is 72.7 Å². The zero-order chi connectivity index (χ0) is 13.4. The Hall–Kier alpha value is -2.46. The van der Waals surface area contributed by atoms with Gasteiger partial charge in [-0.2, -0.15) is 0 Å². The third kappa shape index (κ3) is 1.92. The molecule has 0 saturated heterocycles. The van der Waals surface area contributed by atoms with Crippen LogP contribution in [0.3, 0.4) is 0 Å². The molecular formula is C15H13NO3. The monoisotopic (exact) mass is 255 g/mol. The van der Waals surface area contributed by atoms with Crippen LogP contribution in [0, 0.1) is 0 Å². The second-order valence-electron chi connectivity index (χ2n) is 4.41. The number of nitrogens with one attached hydrogen (secondary N) is 1. The van der Waals surface area contributed by atoms with Gasteiger partial charge in [-0.25, -0.2) is 0 Å². The zero-order valence-electron chi connectivity index (χ0n) is 10.0. The molecule has 96 valence electrons. The van der Waals surface area contributed by atoms with Gasteiger partial charge in [-0.15, -0.1) is 0 Å². The molecule has 2 aromatic rings. The van der Waals surface area contributed by atoms with E-state index in [1.54, 1.807) is 12.1 Å². The van der Waals surface area contributed by atoms with Gasteiger partial charge in [0.15, 0.2) is 11.5 Å². The maximum absolute atomic E-state index is 10.1. The lowest BCUT2D eigenvalue weighted by molar-refractivity contribution is 0.228. The maximum Gasteiger partial charge on any atom is 0.181 e. The Morgan fingerprint density at radius 3 is 2.42 bits per heavy atom. The highest BCUT2D eigenvalue weighted by atomic mass is 16.3. The second kappa shape index (κ2) is 4.33. The Labute approximate surface area is 110 Å². The number of rotatable bonds is 1. The van der Waals surface area contributed by atoms with Crippen LogP contribution in [-0.4, -0.2) is 15.3 Å². The number of phenolic OH excluding ortho intramolecular Hbond substituents is 2. The molecule has 2 aromatic carbocycles. The molecule has 1 heterocycles. The van der Waals surface area contributed by atoms with E-state index in [1.165, 1.54) is 6.07 Å². The minimum Gasteiger partial charge on any atom is -0.504 e. The van der Waals surface area contributed by atoms with Gasteiger partial charge >= 0.3 is 0 Å². The number of aliphatic hydroxyl groups excluding tert-OH is 1. The number of benzene rings is 2. The lowest BCUT2D eigenvalue weighted by Gasteiger charge is -2.24. The molecule has 4 heteroatoms. The van der Waals surface area contributed by atoms with Gasteiger partial charge < -0.3 is 20.6 Å². The highest BCUT2D eigenvalue weighted by molar-refractivity contribution is 5.85. The minimum atomic E-state index is -0.821. The molecule has 0 saturated carbocycles. The summed E-state index contributed by atoms with van der Waals surface area (Å²) in [5, 5.41) is 32.5. The van der Waals surface area contributed by atoms with E-state index in [-0.39, 0.29) is 11.5 Å². The first kappa shape index (κ1) is 11.6. The van der Waals surface area contributed by atoms with Crippen LogP contribution in [0.15, 0.2) is 48.5 Å². The van der Waals surface area contributed by atoms with E-state index < -0.39 is 6.10 Å². The van der Waals surface area contributed by atoms with Crippen molar-refractivity contribution in [3.8, 4) is 11.5 Å². The SMILES string of the molecule is Oc1ccc2c(c1O)NC(c1ccccc1)=C[C@H]2O. The van der Waals surface area contributed by atoms with Crippen LogP contribution in [0.2, 0.25) is 0 Å². The van der Waals surface area contributed by atoms with Crippen LogP contribution in [0.1, 0.15) is 17.2 Å². The molecule has 19 heavy (non-hydrogen) atoms. The summed E-state index contributed by atoms with van der Waals surface area (Å²) in [6, 6.07) is 12.4. The first-order chi connectivity index (χ1) is 9.16. The van der Waals surface area contributed by atoms with E-state index in [0.29, 0.717) is 16.9 Å². The fourth-order valence-corrected chi connectivity index (χ4v) is 2.18. The molecule has 0 bridgehead atoms. The Morgan fingerprint density at radius 2 is 1.68 bits per heavy atom. The molecule has 0 aromatic heterocycles. The van der Waals surface area contributed by atoms with Crippen molar-refractivity contribution in [2.24, 2.45) is 0 Å². The van der Waals surface area contributed by atoms with Gasteiger partial charge in [-0.1, -0.05) is 36.4 Å². The van der Waals surface area contributed by atoms with Crippen LogP contribution < -0.4 is 5.32 Å². The summed E-state index contributed by atoms with van der Waals surface area (Å²) >= 11 is 0. The summed E-state index contributed by atoms with van der Waals surface area (Å²) in [6.45, 7) is 0. The molecular weight excluding hydrogens is 242 g/mol. The molecule has 0 radical (unpaired) electrons. The fraction of sp³-hybridized carbons (Fsp3) is 0.0667. The molecule has 0 unspecified atom stereocenters. The number of hydrogen-bond donors (Lipinski definition) is 4. The van der Waals surface area contributed by atoms with Crippen molar-refractivity contribution in [3.63, 3.8) is 0 Å². The average Bonchev–Trinajstić information content (AvgIpc) is 2.44. The van der Waals surface area contributed by atoms with Crippen molar-refractivity contribution in [1.29, 1.82) is 0 Å². The quantitative estimate of drug-likeness (QED) is 0.591. The van der Waals surface area contributed by atoms with Crippen molar-refractivity contribution in [2.45, 2.75) is 6.10 Å². The third-order valence-corrected chi connectivity index (χ3v) is 3.18. The zero-order valence-corrected chi connectivity index (χ0v) is 10.0. The van der Waals surface area contributed by atoms with E-state index in [1.807, 2.05) is 30.3 Å². The third-order valence-electron chi connectivity index (χ3n) is 3.18. The van der Waals surface area contributed by atoms with Gasteiger partial charge in [-0.3, -0.25) is 0 Å². The van der Waals surface area contributed by atoms with Crippen LogP contribution in [0.4, 0.5) is 5.69 Å². The molecule has 0 aliphatic carbocycles. The highest BCUT2D eigenvalue weighted by Gasteiger charge is 2.23. The van der Waals surface area contributed by atoms with E-state index in [9.17, 15) is 15.3 Å². The number of anilines is 1. The number of fused-ring (bicyclic) bond motifs is 1. The first-order valence-electron chi connectivity index (χ1n) is 5.94. The lowest BCUT2D eigenvalue weighted by Crippen LogP contribution is -2.11. The van der Waals surface area contributed by atoms with Gasteiger partial charge in [0, 0.05) is 11.3 Å². The second-order valence-corrected chi connectivity index (χ2v) is 4.41. The van der Waals surface area contributed by atoms with Crippen LogP contribution in [0.5, 0.6) is 11.5 Å². The number of aliphatic hydroxyl groups is 1. The largest absolute Gasteiger partial charge is 0.504 e. The molecule has 4 N–H and O–H groups in total. The predicted octanol–water partition coefficient (Wildman–Crippen LogP) is 2.60. The summed E-state index contributed by atoms with van der Waals surface area (Å²) in [5.74, 6) is -0.467. The van der Waals surface area contributed by atoms with Gasteiger partial charge in [0.05, 0.1) is 5.69 Å². The van der Waals surface area contributed by atoms with Crippen molar-refractivity contribution in [1.82, 2.24) is 0 Å². The van der Waals surface area contributed by atoms with Crippen LogP contribution >= 0.6 is 0 Å². The van der Waals surface area contributed by atoms with Crippen molar-refractivity contribution >= 4 is 11.4 Å². The number of aromatic hydroxyl groups is 2. The van der Waals surface area contributed by atoms with Gasteiger partial charge in [0.25, 0.3) is 0 Å². The number of phenols is 2. The van der Waals surface area contributed by atoms with Crippen molar-refractivity contribution in [2.75, 3.05) is 5.32 Å². The van der Waals surface area contributed by atoms with Gasteiger partial charge in [-0.05, 0) is 17.7 Å². The molecule has 1 aliphatic heterocycles. The summed E-state index contributed by atoms with van der Waals surface area (Å²) in [7, 11) is 0. The fourth-order valence-electron chi connectivity index (χ4n) is 2.18. The van der Waals surface area contributed by atoms with Crippen molar-refractivity contribution < 1.29 is 15.3 Å². The smallest absolute Gasteiger partial charge is 0.181 e. The van der Waals surface area contributed by atoms with Crippen LogP contribution in [0.25, 0.3) is 5.70 Å². The predicted molar refractivity (Wildman–Crippen MR) is 72.8 cm³/mol. The summed E-state index contributed by atoms with van der Waals surface area (Å²) in [6.07, 6.45) is 0.853. The van der Waals surface area contributed by atoms with Crippen molar-refractivity contribution in [3.05, 3.63) is 59.7 Å². The van der Waals surface area contributed by atoms with Gasteiger partial charge in [0.1, 0.15) is 6.10 Å². The Balaban J connectivity index is 2.08. The molecule has 1 aliphatic rings.